The van der Waals surface area contributed by atoms with Crippen molar-refractivity contribution in [2.75, 3.05) is 5.32 Å². The fourth-order valence-electron chi connectivity index (χ4n) is 2.30. The molecule has 0 unspecified atom stereocenters. The molecule has 0 saturated heterocycles. The maximum Gasteiger partial charge on any atom is 0.255 e. The number of carbonyl (C=O) groups is 1. The summed E-state index contributed by atoms with van der Waals surface area (Å²) in [7, 11) is 0. The lowest BCUT2D eigenvalue weighted by Crippen LogP contribution is -2.11. The van der Waals surface area contributed by atoms with Gasteiger partial charge < -0.3 is 9.88 Å². The molecule has 0 aliphatic heterocycles. The van der Waals surface area contributed by atoms with E-state index in [0.29, 0.717) is 22.8 Å². The molecule has 1 N–H and O–H groups in total. The molecule has 3 aromatic rings. The van der Waals surface area contributed by atoms with Crippen LogP contribution in [0.25, 0.3) is 0 Å². The Kier molecular flexibility index (Phi) is 4.44. The number of aryl methyl sites for hydroxylation is 1. The fraction of sp³-hybridized carbons (Fsp3) is 0.111. The molecular weight excluding hydrogens is 310 g/mol. The van der Waals surface area contributed by atoms with Crippen molar-refractivity contribution in [2.24, 2.45) is 0 Å². The highest BCUT2D eigenvalue weighted by molar-refractivity contribution is 6.31. The second kappa shape index (κ2) is 6.67. The van der Waals surface area contributed by atoms with Crippen LogP contribution in [-0.4, -0.2) is 15.5 Å². The van der Waals surface area contributed by atoms with E-state index in [0.717, 1.165) is 11.4 Å². The van der Waals surface area contributed by atoms with Gasteiger partial charge in [0, 0.05) is 28.7 Å². The van der Waals surface area contributed by atoms with Crippen molar-refractivity contribution in [3.05, 3.63) is 82.9 Å². The molecule has 0 radical (unpaired) electrons. The van der Waals surface area contributed by atoms with Gasteiger partial charge in [0.05, 0.1) is 6.54 Å². The van der Waals surface area contributed by atoms with Crippen LogP contribution in [0.3, 0.4) is 0 Å². The SMILES string of the molecule is Cc1nccn1Cc1ccc(NC(=O)c2ccccc2)cc1Cl. The summed E-state index contributed by atoms with van der Waals surface area (Å²) >= 11 is 6.34. The second-order valence-electron chi connectivity index (χ2n) is 5.23. The Morgan fingerprint density at radius 3 is 2.65 bits per heavy atom. The molecule has 5 heteroatoms. The van der Waals surface area contributed by atoms with Crippen LogP contribution in [0, 0.1) is 6.92 Å². The van der Waals surface area contributed by atoms with Crippen LogP contribution in [0.2, 0.25) is 5.02 Å². The molecular formula is C18H16ClN3O. The molecule has 0 aliphatic rings. The third-order valence-corrected chi connectivity index (χ3v) is 3.96. The van der Waals surface area contributed by atoms with Crippen LogP contribution in [-0.2, 0) is 6.54 Å². The van der Waals surface area contributed by atoms with E-state index in [1.807, 2.05) is 48.0 Å². The minimum Gasteiger partial charge on any atom is -0.331 e. The van der Waals surface area contributed by atoms with E-state index in [4.69, 9.17) is 11.6 Å². The summed E-state index contributed by atoms with van der Waals surface area (Å²) < 4.78 is 2.02. The lowest BCUT2D eigenvalue weighted by Gasteiger charge is -2.10. The van der Waals surface area contributed by atoms with Gasteiger partial charge in [-0.05, 0) is 36.8 Å². The summed E-state index contributed by atoms with van der Waals surface area (Å²) in [5.74, 6) is 0.780. The molecule has 0 aliphatic carbocycles. The maximum absolute atomic E-state index is 12.1. The first kappa shape index (κ1) is 15.3. The molecule has 2 aromatic carbocycles. The minimum atomic E-state index is -0.153. The number of nitrogens with zero attached hydrogens (tertiary/aromatic N) is 2. The minimum absolute atomic E-state index is 0.153. The van der Waals surface area contributed by atoms with Crippen LogP contribution in [0.4, 0.5) is 5.69 Å². The Morgan fingerprint density at radius 1 is 1.22 bits per heavy atom. The van der Waals surface area contributed by atoms with Crippen molar-refractivity contribution >= 4 is 23.2 Å². The van der Waals surface area contributed by atoms with Crippen molar-refractivity contribution in [3.63, 3.8) is 0 Å². The van der Waals surface area contributed by atoms with Gasteiger partial charge in [-0.25, -0.2) is 4.98 Å². The number of aromatic nitrogens is 2. The number of amides is 1. The number of carbonyl (C=O) groups excluding carboxylic acids is 1. The van der Waals surface area contributed by atoms with Crippen LogP contribution >= 0.6 is 11.6 Å². The molecule has 0 spiro atoms. The molecule has 0 atom stereocenters. The van der Waals surface area contributed by atoms with Crippen molar-refractivity contribution in [2.45, 2.75) is 13.5 Å². The molecule has 23 heavy (non-hydrogen) atoms. The number of hydrogen-bond donors (Lipinski definition) is 1. The van der Waals surface area contributed by atoms with Crippen molar-refractivity contribution in [1.82, 2.24) is 9.55 Å². The summed E-state index contributed by atoms with van der Waals surface area (Å²) in [6.45, 7) is 2.60. The fourth-order valence-corrected chi connectivity index (χ4v) is 2.54. The predicted octanol–water partition coefficient (Wildman–Crippen LogP) is 4.15. The summed E-state index contributed by atoms with van der Waals surface area (Å²) in [4.78, 5) is 16.3. The summed E-state index contributed by atoms with van der Waals surface area (Å²) in [5.41, 5.74) is 2.27. The summed E-state index contributed by atoms with van der Waals surface area (Å²) in [6.07, 6.45) is 3.68. The molecule has 1 aromatic heterocycles. The number of benzene rings is 2. The van der Waals surface area contributed by atoms with E-state index >= 15 is 0 Å². The van der Waals surface area contributed by atoms with Crippen molar-refractivity contribution in [1.29, 1.82) is 0 Å². The number of halogens is 1. The van der Waals surface area contributed by atoms with Crippen LogP contribution < -0.4 is 5.32 Å². The van der Waals surface area contributed by atoms with Gasteiger partial charge in [-0.2, -0.15) is 0 Å². The van der Waals surface area contributed by atoms with Crippen LogP contribution in [0.5, 0.6) is 0 Å². The zero-order chi connectivity index (χ0) is 16.2. The van der Waals surface area contributed by atoms with Gasteiger partial charge in [-0.15, -0.1) is 0 Å². The number of imidazole rings is 1. The average molecular weight is 326 g/mol. The lowest BCUT2D eigenvalue weighted by molar-refractivity contribution is 0.102. The average Bonchev–Trinajstić information content (AvgIpc) is 2.96. The van der Waals surface area contributed by atoms with Gasteiger partial charge in [0.1, 0.15) is 5.82 Å². The zero-order valence-corrected chi connectivity index (χ0v) is 13.4. The van der Waals surface area contributed by atoms with E-state index in [-0.39, 0.29) is 5.91 Å². The van der Waals surface area contributed by atoms with Gasteiger partial charge in [0.25, 0.3) is 5.91 Å². The molecule has 3 rings (SSSR count). The quantitative estimate of drug-likeness (QED) is 0.783. The lowest BCUT2D eigenvalue weighted by atomic mass is 10.1. The van der Waals surface area contributed by atoms with Crippen molar-refractivity contribution < 1.29 is 4.79 Å². The first-order chi connectivity index (χ1) is 11.1. The molecule has 0 saturated carbocycles. The number of anilines is 1. The standard InChI is InChI=1S/C18H16ClN3O/c1-13-20-9-10-22(13)12-15-7-8-16(11-17(15)19)21-18(23)14-5-3-2-4-6-14/h2-11H,12H2,1H3,(H,21,23). The van der Waals surface area contributed by atoms with E-state index < -0.39 is 0 Å². The van der Waals surface area contributed by atoms with Gasteiger partial charge in [0.15, 0.2) is 0 Å². The number of nitrogens with one attached hydrogen (secondary N) is 1. The largest absolute Gasteiger partial charge is 0.331 e. The monoisotopic (exact) mass is 325 g/mol. The van der Waals surface area contributed by atoms with E-state index in [1.165, 1.54) is 0 Å². The third kappa shape index (κ3) is 3.60. The highest BCUT2D eigenvalue weighted by Gasteiger charge is 2.08. The molecule has 4 nitrogen and oxygen atoms in total. The van der Waals surface area contributed by atoms with E-state index in [1.54, 1.807) is 24.4 Å². The van der Waals surface area contributed by atoms with E-state index in [2.05, 4.69) is 10.3 Å². The molecule has 1 amide bonds. The van der Waals surface area contributed by atoms with Gasteiger partial charge in [0.2, 0.25) is 0 Å². The van der Waals surface area contributed by atoms with Crippen molar-refractivity contribution in [3.8, 4) is 0 Å². The summed E-state index contributed by atoms with van der Waals surface area (Å²) in [6, 6.07) is 14.6. The summed E-state index contributed by atoms with van der Waals surface area (Å²) in [5, 5.41) is 3.47. The van der Waals surface area contributed by atoms with Gasteiger partial charge in [-0.3, -0.25) is 4.79 Å². The predicted molar refractivity (Wildman–Crippen MR) is 91.9 cm³/mol. The van der Waals surface area contributed by atoms with E-state index in [9.17, 15) is 4.79 Å². The highest BCUT2D eigenvalue weighted by atomic mass is 35.5. The Labute approximate surface area is 139 Å². The molecule has 1 heterocycles. The zero-order valence-electron chi connectivity index (χ0n) is 12.7. The first-order valence-corrected chi connectivity index (χ1v) is 7.64. The maximum atomic E-state index is 12.1. The number of hydrogen-bond acceptors (Lipinski definition) is 2. The third-order valence-electron chi connectivity index (χ3n) is 3.61. The molecule has 0 fully saturated rings. The topological polar surface area (TPSA) is 46.9 Å². The van der Waals surface area contributed by atoms with Crippen LogP contribution in [0.1, 0.15) is 21.7 Å². The van der Waals surface area contributed by atoms with Gasteiger partial charge >= 0.3 is 0 Å². The van der Waals surface area contributed by atoms with Gasteiger partial charge in [-0.1, -0.05) is 35.9 Å². The Morgan fingerprint density at radius 2 is 2.00 bits per heavy atom. The Balaban J connectivity index is 1.74. The second-order valence-corrected chi connectivity index (χ2v) is 5.64. The Hall–Kier alpha value is -2.59. The first-order valence-electron chi connectivity index (χ1n) is 7.26. The molecule has 0 bridgehead atoms. The van der Waals surface area contributed by atoms with Crippen LogP contribution in [0.15, 0.2) is 60.9 Å². The number of rotatable bonds is 4. The Bertz CT molecular complexity index is 827. The smallest absolute Gasteiger partial charge is 0.255 e. The highest BCUT2D eigenvalue weighted by Crippen LogP contribution is 2.22. The molecule has 116 valence electrons. The normalized spacial score (nSPS) is 10.5.